The van der Waals surface area contributed by atoms with E-state index in [1.807, 2.05) is 18.2 Å². The average molecular weight is 397 g/mol. The molecule has 1 aromatic heterocycles. The number of aryl methyl sites for hydroxylation is 1. The van der Waals surface area contributed by atoms with Gasteiger partial charge in [-0.05, 0) is 46.5 Å². The van der Waals surface area contributed by atoms with Gasteiger partial charge in [-0.15, -0.1) is 0 Å². The summed E-state index contributed by atoms with van der Waals surface area (Å²) in [5, 5.41) is 0. The first-order valence-electron chi connectivity index (χ1n) is 10.4. The fraction of sp³-hybridized carbons (Fsp3) is 0.0333. The normalized spacial score (nSPS) is 12.1. The molecule has 1 heterocycles. The molecule has 1 aliphatic rings. The second-order valence-corrected chi connectivity index (χ2v) is 7.58. The van der Waals surface area contributed by atoms with Gasteiger partial charge in [-0.3, -0.25) is 0 Å². The van der Waals surface area contributed by atoms with Gasteiger partial charge in [0, 0.05) is 17.2 Å². The number of hydrogen-bond donors (Lipinski definition) is 0. The first-order valence-corrected chi connectivity index (χ1v) is 10.4. The Balaban J connectivity index is 1.65. The van der Waals surface area contributed by atoms with Crippen LogP contribution in [-0.2, 0) is 7.05 Å². The highest BCUT2D eigenvalue weighted by molar-refractivity contribution is 5.91. The minimum absolute atomic E-state index is 1.05. The van der Waals surface area contributed by atoms with Crippen LogP contribution in [0, 0.1) is 0 Å². The Morgan fingerprint density at radius 3 is 1.94 bits per heavy atom. The van der Waals surface area contributed by atoms with Crippen LogP contribution in [0.4, 0.5) is 0 Å². The zero-order valence-electron chi connectivity index (χ0n) is 17.4. The summed E-state index contributed by atoms with van der Waals surface area (Å²) in [5.41, 5.74) is 15.8. The second kappa shape index (κ2) is 8.30. The topological polar surface area (TPSA) is 3.88 Å². The molecule has 31 heavy (non-hydrogen) atoms. The quantitative estimate of drug-likeness (QED) is 0.265. The van der Waals surface area contributed by atoms with Crippen LogP contribution >= 0.6 is 0 Å². The molecule has 1 aliphatic carbocycles. The van der Waals surface area contributed by atoms with E-state index < -0.39 is 0 Å². The maximum absolute atomic E-state index is 3.26. The van der Waals surface area contributed by atoms with Crippen molar-refractivity contribution >= 4 is 5.57 Å². The molecule has 0 atom stereocenters. The number of nitrogens with zero attached hydrogens (tertiary/aromatic N) is 1. The van der Waals surface area contributed by atoms with Gasteiger partial charge in [-0.1, -0.05) is 90.3 Å². The summed E-state index contributed by atoms with van der Waals surface area (Å²) in [6.07, 6.45) is 8.19. The van der Waals surface area contributed by atoms with Crippen molar-refractivity contribution in [3.63, 3.8) is 0 Å². The van der Waals surface area contributed by atoms with Crippen molar-refractivity contribution in [3.8, 4) is 33.5 Å². The Morgan fingerprint density at radius 1 is 0.613 bits per heavy atom. The molecule has 0 bridgehead atoms. The monoisotopic (exact) mass is 396 g/mol. The molecule has 4 aromatic rings. The Hall–Kier alpha value is -4.15. The molecule has 0 unspecified atom stereocenters. The fourth-order valence-electron chi connectivity index (χ4n) is 4.09. The van der Waals surface area contributed by atoms with Crippen molar-refractivity contribution in [1.82, 2.24) is 0 Å². The van der Waals surface area contributed by atoms with Crippen molar-refractivity contribution in [1.29, 1.82) is 0 Å². The Kier molecular flexibility index (Phi) is 5.05. The van der Waals surface area contributed by atoms with Gasteiger partial charge in [-0.2, -0.15) is 0 Å². The predicted molar refractivity (Wildman–Crippen MR) is 128 cm³/mol. The second-order valence-electron chi connectivity index (χ2n) is 7.58. The van der Waals surface area contributed by atoms with Crippen LogP contribution in [0.1, 0.15) is 5.56 Å². The molecule has 0 amide bonds. The van der Waals surface area contributed by atoms with E-state index >= 15 is 0 Å². The summed E-state index contributed by atoms with van der Waals surface area (Å²) < 4.78 is 2.21. The molecule has 0 radical (unpaired) electrons. The van der Waals surface area contributed by atoms with Crippen molar-refractivity contribution in [2.24, 2.45) is 7.05 Å². The Bertz CT molecular complexity index is 1390. The molecule has 1 heteroatoms. The maximum Gasteiger partial charge on any atom is 0.212 e. The molecule has 0 saturated heterocycles. The van der Waals surface area contributed by atoms with Crippen molar-refractivity contribution < 1.29 is 4.57 Å². The Labute approximate surface area is 183 Å². The third-order valence-electron chi connectivity index (χ3n) is 5.60. The van der Waals surface area contributed by atoms with Gasteiger partial charge >= 0.3 is 0 Å². The molecule has 0 saturated carbocycles. The van der Waals surface area contributed by atoms with E-state index in [1.165, 1.54) is 33.5 Å². The first kappa shape index (κ1) is 18.9. The SMILES string of the molecule is C[n+]1cc(-c2ccccc2)ccc1-c1ccccc1-c1ccccc1C1=C=C=CC=C1. The van der Waals surface area contributed by atoms with Gasteiger partial charge in [0.05, 0.1) is 5.56 Å². The van der Waals surface area contributed by atoms with Crippen LogP contribution in [0.3, 0.4) is 0 Å². The number of benzene rings is 3. The summed E-state index contributed by atoms with van der Waals surface area (Å²) in [6.45, 7) is 0. The van der Waals surface area contributed by atoms with E-state index in [-0.39, 0.29) is 0 Å². The highest BCUT2D eigenvalue weighted by Crippen LogP contribution is 2.36. The van der Waals surface area contributed by atoms with Gasteiger partial charge in [0.15, 0.2) is 6.20 Å². The minimum atomic E-state index is 1.05. The molecule has 0 spiro atoms. The molecule has 0 N–H and O–H groups in total. The highest BCUT2D eigenvalue weighted by atomic mass is 14.9. The third kappa shape index (κ3) is 3.72. The molecule has 0 fully saturated rings. The van der Waals surface area contributed by atoms with Crippen molar-refractivity contribution in [2.75, 3.05) is 0 Å². The number of hydrogen-bond acceptors (Lipinski definition) is 0. The fourth-order valence-corrected chi connectivity index (χ4v) is 4.09. The predicted octanol–water partition coefficient (Wildman–Crippen LogP) is 6.78. The van der Waals surface area contributed by atoms with Gasteiger partial charge in [0.25, 0.3) is 0 Å². The summed E-state index contributed by atoms with van der Waals surface area (Å²) in [7, 11) is 2.12. The van der Waals surface area contributed by atoms with Crippen LogP contribution in [0.5, 0.6) is 0 Å². The Morgan fingerprint density at radius 2 is 1.26 bits per heavy atom. The zero-order valence-corrected chi connectivity index (χ0v) is 17.4. The van der Waals surface area contributed by atoms with Crippen LogP contribution in [-0.4, -0.2) is 0 Å². The summed E-state index contributed by atoms with van der Waals surface area (Å²) in [5.74, 6) is 0. The third-order valence-corrected chi connectivity index (χ3v) is 5.60. The first-order chi connectivity index (χ1) is 15.3. The lowest BCUT2D eigenvalue weighted by atomic mass is 9.90. The summed E-state index contributed by atoms with van der Waals surface area (Å²) in [4.78, 5) is 0. The molecule has 5 rings (SSSR count). The number of pyridine rings is 1. The highest BCUT2D eigenvalue weighted by Gasteiger charge is 2.18. The standard InChI is InChI=1S/C30H22N/c1-31-22-25(23-12-4-2-5-13-23)20-21-30(31)29-19-11-10-18-28(29)27-17-9-8-16-26(27)24-14-6-3-7-15-24/h2-6,8-14,16-22H,1H3/q+1. The summed E-state index contributed by atoms with van der Waals surface area (Å²) >= 11 is 0. The van der Waals surface area contributed by atoms with Crippen LogP contribution in [0.2, 0.25) is 0 Å². The molecule has 3 aromatic carbocycles. The van der Waals surface area contributed by atoms with E-state index in [9.17, 15) is 0 Å². The zero-order chi connectivity index (χ0) is 21.0. The van der Waals surface area contributed by atoms with E-state index in [1.54, 1.807) is 0 Å². The average Bonchev–Trinajstić information content (AvgIpc) is 2.85. The maximum atomic E-state index is 3.26. The minimum Gasteiger partial charge on any atom is -0.200 e. The number of allylic oxidation sites excluding steroid dienone is 4. The van der Waals surface area contributed by atoms with Crippen LogP contribution < -0.4 is 4.57 Å². The molecular formula is C30H22N+. The van der Waals surface area contributed by atoms with E-state index in [0.29, 0.717) is 0 Å². The van der Waals surface area contributed by atoms with E-state index in [0.717, 1.165) is 11.1 Å². The van der Waals surface area contributed by atoms with Crippen LogP contribution in [0.15, 0.2) is 127 Å². The lowest BCUT2D eigenvalue weighted by Crippen LogP contribution is -2.30. The van der Waals surface area contributed by atoms with E-state index in [2.05, 4.69) is 120 Å². The van der Waals surface area contributed by atoms with Crippen molar-refractivity contribution in [2.45, 2.75) is 0 Å². The number of rotatable bonds is 4. The van der Waals surface area contributed by atoms with Gasteiger partial charge in [-0.25, -0.2) is 4.57 Å². The van der Waals surface area contributed by atoms with Crippen LogP contribution in [0.25, 0.3) is 39.1 Å². The lowest BCUT2D eigenvalue weighted by Gasteiger charge is -2.13. The smallest absolute Gasteiger partial charge is 0.200 e. The van der Waals surface area contributed by atoms with Gasteiger partial charge < -0.3 is 0 Å². The van der Waals surface area contributed by atoms with Gasteiger partial charge in [0.1, 0.15) is 7.05 Å². The van der Waals surface area contributed by atoms with Crippen molar-refractivity contribution in [3.05, 3.63) is 132 Å². The van der Waals surface area contributed by atoms with Gasteiger partial charge in [0.2, 0.25) is 5.69 Å². The largest absolute Gasteiger partial charge is 0.212 e. The lowest BCUT2D eigenvalue weighted by molar-refractivity contribution is -0.659. The molecule has 1 nitrogen and oxygen atoms in total. The molecule has 0 aliphatic heterocycles. The number of aromatic nitrogens is 1. The molecule has 146 valence electrons. The molecular weight excluding hydrogens is 374 g/mol. The van der Waals surface area contributed by atoms with E-state index in [4.69, 9.17) is 0 Å². The summed E-state index contributed by atoms with van der Waals surface area (Å²) in [6, 6.07) is 32.0.